The second kappa shape index (κ2) is 6.26. The lowest BCUT2D eigenvalue weighted by molar-refractivity contribution is -0.121. The third-order valence-corrected chi connectivity index (χ3v) is 3.28. The van der Waals surface area contributed by atoms with Crippen LogP contribution in [-0.4, -0.2) is 27.9 Å². The molecule has 4 nitrogen and oxygen atoms in total. The van der Waals surface area contributed by atoms with E-state index in [1.165, 1.54) is 0 Å². The molecule has 2 aromatic rings. The van der Waals surface area contributed by atoms with Crippen molar-refractivity contribution in [1.82, 2.24) is 14.9 Å². The summed E-state index contributed by atoms with van der Waals surface area (Å²) in [5.74, 6) is 1.18. The zero-order valence-electron chi connectivity index (χ0n) is 10.6. The van der Waals surface area contributed by atoms with Gasteiger partial charge >= 0.3 is 0 Å². The average molecular weight is 300 g/mol. The van der Waals surface area contributed by atoms with Gasteiger partial charge in [-0.25, -0.2) is 4.98 Å². The highest BCUT2D eigenvalue weighted by atomic mass is 35.5. The van der Waals surface area contributed by atoms with Gasteiger partial charge in [0.15, 0.2) is 0 Å². The second-order valence-corrected chi connectivity index (χ2v) is 4.90. The molecule has 1 heterocycles. The fourth-order valence-electron chi connectivity index (χ4n) is 2.03. The standard InChI is InChI=1S/C13H15Cl2N3O/c1-2-16-12(19)8-18-11(6-7-14)17-10-5-3-4-9(15)13(10)18/h3-5H,2,6-8H2,1H3,(H,16,19). The summed E-state index contributed by atoms with van der Waals surface area (Å²) >= 11 is 12.0. The van der Waals surface area contributed by atoms with Crippen LogP contribution in [-0.2, 0) is 17.8 Å². The second-order valence-electron chi connectivity index (χ2n) is 4.11. The van der Waals surface area contributed by atoms with E-state index in [1.54, 1.807) is 6.07 Å². The van der Waals surface area contributed by atoms with Gasteiger partial charge in [-0.15, -0.1) is 11.6 Å². The zero-order chi connectivity index (χ0) is 13.8. The number of nitrogens with zero attached hydrogens (tertiary/aromatic N) is 2. The van der Waals surface area contributed by atoms with E-state index in [0.717, 1.165) is 16.9 Å². The third-order valence-electron chi connectivity index (χ3n) is 2.79. The van der Waals surface area contributed by atoms with Gasteiger partial charge in [0.05, 0.1) is 16.1 Å². The number of hydrogen-bond donors (Lipinski definition) is 1. The van der Waals surface area contributed by atoms with E-state index < -0.39 is 0 Å². The van der Waals surface area contributed by atoms with Crippen LogP contribution in [0.3, 0.4) is 0 Å². The molecule has 0 fully saturated rings. The maximum absolute atomic E-state index is 11.8. The van der Waals surface area contributed by atoms with E-state index in [-0.39, 0.29) is 12.5 Å². The minimum atomic E-state index is -0.0578. The Labute approximate surface area is 121 Å². The number of rotatable bonds is 5. The average Bonchev–Trinajstić information content (AvgIpc) is 2.70. The highest BCUT2D eigenvalue weighted by Crippen LogP contribution is 2.24. The van der Waals surface area contributed by atoms with Crippen molar-refractivity contribution < 1.29 is 4.79 Å². The molecule has 0 bridgehead atoms. The summed E-state index contributed by atoms with van der Waals surface area (Å²) in [6, 6.07) is 5.52. The van der Waals surface area contributed by atoms with Gasteiger partial charge in [0, 0.05) is 18.8 Å². The highest BCUT2D eigenvalue weighted by molar-refractivity contribution is 6.35. The van der Waals surface area contributed by atoms with Crippen LogP contribution < -0.4 is 5.32 Å². The van der Waals surface area contributed by atoms with Crippen molar-refractivity contribution in [3.05, 3.63) is 29.0 Å². The summed E-state index contributed by atoms with van der Waals surface area (Å²) in [4.78, 5) is 16.3. The topological polar surface area (TPSA) is 46.9 Å². The molecule has 1 aromatic carbocycles. The lowest BCUT2D eigenvalue weighted by Crippen LogP contribution is -2.27. The molecular weight excluding hydrogens is 285 g/mol. The number of carbonyl (C=O) groups is 1. The van der Waals surface area contributed by atoms with Gasteiger partial charge in [0.2, 0.25) is 5.91 Å². The molecule has 0 saturated carbocycles. The summed E-state index contributed by atoms with van der Waals surface area (Å²) in [6.07, 6.45) is 0.603. The smallest absolute Gasteiger partial charge is 0.239 e. The third kappa shape index (κ3) is 3.01. The lowest BCUT2D eigenvalue weighted by atomic mass is 10.3. The number of carbonyl (C=O) groups excluding carboxylic acids is 1. The largest absolute Gasteiger partial charge is 0.355 e. The van der Waals surface area contributed by atoms with Crippen LogP contribution in [0, 0.1) is 0 Å². The number of nitrogens with one attached hydrogen (secondary N) is 1. The monoisotopic (exact) mass is 299 g/mol. The predicted octanol–water partition coefficient (Wildman–Crippen LogP) is 2.61. The quantitative estimate of drug-likeness (QED) is 0.863. The zero-order valence-corrected chi connectivity index (χ0v) is 12.1. The van der Waals surface area contributed by atoms with E-state index in [0.29, 0.717) is 23.9 Å². The van der Waals surface area contributed by atoms with Crippen molar-refractivity contribution in [2.45, 2.75) is 19.9 Å². The molecule has 19 heavy (non-hydrogen) atoms. The molecule has 0 radical (unpaired) electrons. The molecule has 1 aromatic heterocycles. The summed E-state index contributed by atoms with van der Waals surface area (Å²) in [5.41, 5.74) is 1.58. The Balaban J connectivity index is 2.48. The molecule has 1 amide bonds. The van der Waals surface area contributed by atoms with Crippen molar-refractivity contribution in [3.63, 3.8) is 0 Å². The number of benzene rings is 1. The number of para-hydroxylation sites is 1. The number of aromatic nitrogens is 2. The molecular formula is C13H15Cl2N3O. The molecule has 0 atom stereocenters. The Bertz CT molecular complexity index is 595. The fraction of sp³-hybridized carbons (Fsp3) is 0.385. The Morgan fingerprint density at radius 1 is 1.47 bits per heavy atom. The molecule has 2 rings (SSSR count). The van der Waals surface area contributed by atoms with Gasteiger partial charge in [-0.1, -0.05) is 17.7 Å². The number of amides is 1. The van der Waals surface area contributed by atoms with Gasteiger partial charge < -0.3 is 9.88 Å². The molecule has 1 N–H and O–H groups in total. The maximum atomic E-state index is 11.8. The number of hydrogen-bond acceptors (Lipinski definition) is 2. The van der Waals surface area contributed by atoms with Crippen LogP contribution in [0.15, 0.2) is 18.2 Å². The van der Waals surface area contributed by atoms with Crippen LogP contribution >= 0.6 is 23.2 Å². The van der Waals surface area contributed by atoms with Gasteiger partial charge in [-0.3, -0.25) is 4.79 Å². The first-order valence-electron chi connectivity index (χ1n) is 6.13. The minimum absolute atomic E-state index is 0.0578. The molecule has 0 unspecified atom stereocenters. The highest BCUT2D eigenvalue weighted by Gasteiger charge is 2.15. The first-order valence-corrected chi connectivity index (χ1v) is 7.05. The van der Waals surface area contributed by atoms with E-state index >= 15 is 0 Å². The fourth-order valence-corrected chi connectivity index (χ4v) is 2.47. The van der Waals surface area contributed by atoms with Crippen LogP contribution in [0.25, 0.3) is 11.0 Å². The number of imidazole rings is 1. The lowest BCUT2D eigenvalue weighted by Gasteiger charge is -2.09. The molecule has 0 aliphatic rings. The van der Waals surface area contributed by atoms with Crippen molar-refractivity contribution in [2.24, 2.45) is 0 Å². The summed E-state index contributed by atoms with van der Waals surface area (Å²) in [7, 11) is 0. The Morgan fingerprint density at radius 2 is 2.26 bits per heavy atom. The van der Waals surface area contributed by atoms with Crippen molar-refractivity contribution in [3.8, 4) is 0 Å². The molecule has 6 heteroatoms. The first kappa shape index (κ1) is 14.2. The van der Waals surface area contributed by atoms with Crippen LogP contribution in [0.4, 0.5) is 0 Å². The number of fused-ring (bicyclic) bond motifs is 1. The first-order chi connectivity index (χ1) is 9.17. The number of aryl methyl sites for hydroxylation is 1. The molecule has 0 spiro atoms. The Kier molecular flexibility index (Phi) is 4.66. The van der Waals surface area contributed by atoms with E-state index in [2.05, 4.69) is 10.3 Å². The summed E-state index contributed by atoms with van der Waals surface area (Å²) in [5, 5.41) is 3.37. The van der Waals surface area contributed by atoms with Crippen molar-refractivity contribution >= 4 is 40.1 Å². The molecule has 0 aliphatic heterocycles. The van der Waals surface area contributed by atoms with Crippen molar-refractivity contribution in [2.75, 3.05) is 12.4 Å². The molecule has 0 saturated heterocycles. The molecule has 102 valence electrons. The Hall–Kier alpha value is -1.26. The van der Waals surface area contributed by atoms with Gasteiger partial charge in [0.25, 0.3) is 0 Å². The van der Waals surface area contributed by atoms with Crippen LogP contribution in [0.1, 0.15) is 12.7 Å². The van der Waals surface area contributed by atoms with Gasteiger partial charge in [-0.2, -0.15) is 0 Å². The predicted molar refractivity (Wildman–Crippen MR) is 77.9 cm³/mol. The van der Waals surface area contributed by atoms with E-state index in [9.17, 15) is 4.79 Å². The summed E-state index contributed by atoms with van der Waals surface area (Å²) in [6.45, 7) is 2.70. The van der Waals surface area contributed by atoms with E-state index in [1.807, 2.05) is 23.6 Å². The summed E-state index contributed by atoms with van der Waals surface area (Å²) < 4.78 is 1.84. The normalized spacial score (nSPS) is 10.9. The molecule has 0 aliphatic carbocycles. The minimum Gasteiger partial charge on any atom is -0.355 e. The number of halogens is 2. The van der Waals surface area contributed by atoms with Gasteiger partial charge in [0.1, 0.15) is 12.4 Å². The van der Waals surface area contributed by atoms with Crippen LogP contribution in [0.2, 0.25) is 5.02 Å². The van der Waals surface area contributed by atoms with Crippen molar-refractivity contribution in [1.29, 1.82) is 0 Å². The van der Waals surface area contributed by atoms with Crippen LogP contribution in [0.5, 0.6) is 0 Å². The number of likely N-dealkylation sites (N-methyl/N-ethyl adjacent to an activating group) is 1. The van der Waals surface area contributed by atoms with Gasteiger partial charge in [-0.05, 0) is 19.1 Å². The maximum Gasteiger partial charge on any atom is 0.239 e. The Morgan fingerprint density at radius 3 is 2.95 bits per heavy atom. The number of alkyl halides is 1. The van der Waals surface area contributed by atoms with E-state index in [4.69, 9.17) is 23.2 Å². The SMILES string of the molecule is CCNC(=O)Cn1c(CCCl)nc2cccc(Cl)c21.